The van der Waals surface area contributed by atoms with Crippen LogP contribution < -0.4 is 11.1 Å². The quantitative estimate of drug-likeness (QED) is 0.613. The van der Waals surface area contributed by atoms with Gasteiger partial charge in [-0.15, -0.1) is 0 Å². The van der Waals surface area contributed by atoms with Crippen LogP contribution in [0.2, 0.25) is 0 Å². The molecule has 0 heterocycles. The topological polar surface area (TPSA) is 47.3 Å². The summed E-state index contributed by atoms with van der Waals surface area (Å²) < 4.78 is 4.95. The summed E-state index contributed by atoms with van der Waals surface area (Å²) in [6.07, 6.45) is 3.54. The Labute approximate surface area is 74.7 Å². The average Bonchev–Trinajstić information content (AvgIpc) is 2.77. The molecule has 1 fully saturated rings. The molecule has 72 valence electrons. The van der Waals surface area contributed by atoms with Gasteiger partial charge in [0.25, 0.3) is 0 Å². The SMILES string of the molecule is COCCC(N)CNC1(C)CC1. The van der Waals surface area contributed by atoms with Crippen molar-refractivity contribution in [3.05, 3.63) is 0 Å². The first-order valence-electron chi connectivity index (χ1n) is 4.66. The Hall–Kier alpha value is -0.120. The van der Waals surface area contributed by atoms with Crippen molar-refractivity contribution in [1.29, 1.82) is 0 Å². The standard InChI is InChI=1S/C9H20N2O/c1-9(4-5-9)11-7-8(10)3-6-12-2/h8,11H,3-7,10H2,1-2H3. The van der Waals surface area contributed by atoms with Crippen molar-refractivity contribution in [2.75, 3.05) is 20.3 Å². The molecule has 1 rings (SSSR count). The smallest absolute Gasteiger partial charge is 0.0477 e. The van der Waals surface area contributed by atoms with Gasteiger partial charge < -0.3 is 15.8 Å². The van der Waals surface area contributed by atoms with E-state index in [1.54, 1.807) is 7.11 Å². The lowest BCUT2D eigenvalue weighted by molar-refractivity contribution is 0.187. The van der Waals surface area contributed by atoms with Gasteiger partial charge >= 0.3 is 0 Å². The van der Waals surface area contributed by atoms with Crippen molar-refractivity contribution in [1.82, 2.24) is 5.32 Å². The maximum atomic E-state index is 5.85. The molecule has 3 N–H and O–H groups in total. The molecule has 0 amide bonds. The van der Waals surface area contributed by atoms with Crippen LogP contribution in [0.1, 0.15) is 26.2 Å². The summed E-state index contributed by atoms with van der Waals surface area (Å²) in [6, 6.07) is 0.238. The van der Waals surface area contributed by atoms with Crippen molar-refractivity contribution in [2.24, 2.45) is 5.73 Å². The number of hydrogen-bond acceptors (Lipinski definition) is 3. The Balaban J connectivity index is 1.98. The monoisotopic (exact) mass is 172 g/mol. The second kappa shape index (κ2) is 4.21. The van der Waals surface area contributed by atoms with Crippen LogP contribution in [0, 0.1) is 0 Å². The summed E-state index contributed by atoms with van der Waals surface area (Å²) in [6.45, 7) is 3.93. The van der Waals surface area contributed by atoms with Gasteiger partial charge in [0.2, 0.25) is 0 Å². The van der Waals surface area contributed by atoms with Gasteiger partial charge in [-0.2, -0.15) is 0 Å². The number of rotatable bonds is 6. The van der Waals surface area contributed by atoms with Crippen LogP contribution >= 0.6 is 0 Å². The molecule has 1 unspecified atom stereocenters. The van der Waals surface area contributed by atoms with Crippen LogP contribution in [0.5, 0.6) is 0 Å². The minimum Gasteiger partial charge on any atom is -0.385 e. The fourth-order valence-electron chi connectivity index (χ4n) is 1.11. The van der Waals surface area contributed by atoms with Crippen LogP contribution in [-0.4, -0.2) is 31.8 Å². The molecule has 0 spiro atoms. The van der Waals surface area contributed by atoms with E-state index in [1.807, 2.05) is 0 Å². The van der Waals surface area contributed by atoms with E-state index in [1.165, 1.54) is 12.8 Å². The summed E-state index contributed by atoms with van der Waals surface area (Å²) in [5.41, 5.74) is 6.26. The van der Waals surface area contributed by atoms with Gasteiger partial charge in [0.05, 0.1) is 0 Å². The Kier molecular flexibility index (Phi) is 3.50. The van der Waals surface area contributed by atoms with Gasteiger partial charge in [-0.05, 0) is 26.2 Å². The van der Waals surface area contributed by atoms with Gasteiger partial charge in [-0.3, -0.25) is 0 Å². The van der Waals surface area contributed by atoms with Crippen molar-refractivity contribution in [3.8, 4) is 0 Å². The first-order chi connectivity index (χ1) is 5.66. The third-order valence-corrected chi connectivity index (χ3v) is 2.48. The highest BCUT2D eigenvalue weighted by Gasteiger charge is 2.36. The molecule has 3 heteroatoms. The van der Waals surface area contributed by atoms with Crippen molar-refractivity contribution < 1.29 is 4.74 Å². The van der Waals surface area contributed by atoms with Crippen molar-refractivity contribution >= 4 is 0 Å². The molecule has 0 radical (unpaired) electrons. The molecule has 0 aromatic carbocycles. The van der Waals surface area contributed by atoms with E-state index in [0.717, 1.165) is 19.6 Å². The van der Waals surface area contributed by atoms with Gasteiger partial charge in [0.15, 0.2) is 0 Å². The summed E-state index contributed by atoms with van der Waals surface area (Å²) in [7, 11) is 1.71. The minimum atomic E-state index is 0.238. The molecule has 0 saturated heterocycles. The maximum absolute atomic E-state index is 5.85. The van der Waals surface area contributed by atoms with Crippen molar-refractivity contribution in [3.63, 3.8) is 0 Å². The molecule has 0 aromatic heterocycles. The molecule has 1 aliphatic carbocycles. The fourth-order valence-corrected chi connectivity index (χ4v) is 1.11. The van der Waals surface area contributed by atoms with E-state index in [9.17, 15) is 0 Å². The predicted molar refractivity (Wildman–Crippen MR) is 50.1 cm³/mol. The number of hydrogen-bond donors (Lipinski definition) is 2. The van der Waals surface area contributed by atoms with E-state index in [2.05, 4.69) is 12.2 Å². The maximum Gasteiger partial charge on any atom is 0.0477 e. The first kappa shape index (κ1) is 9.96. The lowest BCUT2D eigenvalue weighted by Gasteiger charge is -2.16. The van der Waals surface area contributed by atoms with Crippen molar-refractivity contribution in [2.45, 2.75) is 37.8 Å². The number of ether oxygens (including phenoxy) is 1. The predicted octanol–water partition coefficient (Wildman–Crippen LogP) is 0.492. The summed E-state index contributed by atoms with van der Waals surface area (Å²) in [5.74, 6) is 0. The van der Waals surface area contributed by atoms with E-state index in [0.29, 0.717) is 5.54 Å². The third-order valence-electron chi connectivity index (χ3n) is 2.48. The highest BCUT2D eigenvalue weighted by atomic mass is 16.5. The van der Waals surface area contributed by atoms with Crippen LogP contribution in [0.3, 0.4) is 0 Å². The Bertz CT molecular complexity index is 134. The van der Waals surface area contributed by atoms with Gasteiger partial charge in [0.1, 0.15) is 0 Å². The first-order valence-corrected chi connectivity index (χ1v) is 4.66. The van der Waals surface area contributed by atoms with Crippen LogP contribution in [0.15, 0.2) is 0 Å². The molecule has 12 heavy (non-hydrogen) atoms. The third kappa shape index (κ3) is 3.52. The van der Waals surface area contributed by atoms with Gasteiger partial charge in [-0.25, -0.2) is 0 Å². The van der Waals surface area contributed by atoms with E-state index in [-0.39, 0.29) is 6.04 Å². The lowest BCUT2D eigenvalue weighted by Crippen LogP contribution is -2.40. The normalized spacial score (nSPS) is 22.2. The Morgan fingerprint density at radius 2 is 2.25 bits per heavy atom. The zero-order valence-corrected chi connectivity index (χ0v) is 8.10. The van der Waals surface area contributed by atoms with Crippen LogP contribution in [-0.2, 0) is 4.74 Å². The molecule has 1 atom stereocenters. The zero-order chi connectivity index (χ0) is 9.03. The van der Waals surface area contributed by atoms with E-state index in [4.69, 9.17) is 10.5 Å². The molecule has 0 aromatic rings. The molecule has 0 aliphatic heterocycles. The summed E-state index contributed by atoms with van der Waals surface area (Å²) >= 11 is 0. The molecule has 3 nitrogen and oxygen atoms in total. The second-order valence-corrected chi connectivity index (χ2v) is 3.98. The molecule has 0 bridgehead atoms. The number of nitrogens with one attached hydrogen (secondary N) is 1. The minimum absolute atomic E-state index is 0.238. The molecule has 1 saturated carbocycles. The Morgan fingerprint density at radius 3 is 2.75 bits per heavy atom. The van der Waals surface area contributed by atoms with Crippen LogP contribution in [0.25, 0.3) is 0 Å². The average molecular weight is 172 g/mol. The fraction of sp³-hybridized carbons (Fsp3) is 1.00. The van der Waals surface area contributed by atoms with Gasteiger partial charge in [0, 0.05) is 31.8 Å². The molecular weight excluding hydrogens is 152 g/mol. The summed E-state index contributed by atoms with van der Waals surface area (Å²) in [5, 5.41) is 3.46. The summed E-state index contributed by atoms with van der Waals surface area (Å²) in [4.78, 5) is 0. The zero-order valence-electron chi connectivity index (χ0n) is 8.10. The number of methoxy groups -OCH3 is 1. The number of nitrogens with two attached hydrogens (primary N) is 1. The van der Waals surface area contributed by atoms with E-state index < -0.39 is 0 Å². The van der Waals surface area contributed by atoms with Crippen LogP contribution in [0.4, 0.5) is 0 Å². The van der Waals surface area contributed by atoms with E-state index >= 15 is 0 Å². The molecule has 1 aliphatic rings. The highest BCUT2D eigenvalue weighted by molar-refractivity contribution is 4.97. The lowest BCUT2D eigenvalue weighted by atomic mass is 10.2. The second-order valence-electron chi connectivity index (χ2n) is 3.98. The largest absolute Gasteiger partial charge is 0.385 e. The molecular formula is C9H20N2O. The van der Waals surface area contributed by atoms with Gasteiger partial charge in [-0.1, -0.05) is 0 Å². The highest BCUT2D eigenvalue weighted by Crippen LogP contribution is 2.33. The Morgan fingerprint density at radius 1 is 1.58 bits per heavy atom.